The number of amides is 1. The first-order valence-corrected chi connectivity index (χ1v) is 8.95. The number of nitrogens with one attached hydrogen (secondary N) is 1. The summed E-state index contributed by atoms with van der Waals surface area (Å²) < 4.78 is 5.28. The Hall–Kier alpha value is -2.35. The highest BCUT2D eigenvalue weighted by Crippen LogP contribution is 2.29. The number of ether oxygens (including phenoxy) is 1. The number of carbonyl (C=O) groups is 2. The molecular weight excluding hydrogens is 316 g/mol. The molecule has 1 amide bonds. The van der Waals surface area contributed by atoms with Gasteiger partial charge < -0.3 is 10.1 Å². The lowest BCUT2D eigenvalue weighted by atomic mass is 9.86. The summed E-state index contributed by atoms with van der Waals surface area (Å²) in [6, 6.07) is 11.7. The van der Waals surface area contributed by atoms with Crippen LogP contribution in [-0.4, -0.2) is 24.0 Å². The summed E-state index contributed by atoms with van der Waals surface area (Å²) in [6.07, 6.45) is 4.00. The van der Waals surface area contributed by atoms with Crippen LogP contribution in [0.15, 0.2) is 30.3 Å². The maximum absolute atomic E-state index is 12.6. The fourth-order valence-electron chi connectivity index (χ4n) is 3.37. The lowest BCUT2D eigenvalue weighted by Gasteiger charge is -2.24. The molecule has 0 saturated heterocycles. The zero-order chi connectivity index (χ0) is 18.3. The van der Waals surface area contributed by atoms with Gasteiger partial charge in [0, 0.05) is 0 Å². The second kappa shape index (κ2) is 8.66. The predicted molar refractivity (Wildman–Crippen MR) is 94.6 cm³/mol. The van der Waals surface area contributed by atoms with E-state index in [0.29, 0.717) is 12.8 Å². The highest BCUT2D eigenvalue weighted by atomic mass is 16.5. The Labute approximate surface area is 149 Å². The Morgan fingerprint density at radius 3 is 2.48 bits per heavy atom. The highest BCUT2D eigenvalue weighted by Gasteiger charge is 2.36. The molecule has 0 heterocycles. The van der Waals surface area contributed by atoms with Crippen molar-refractivity contribution in [2.24, 2.45) is 5.92 Å². The summed E-state index contributed by atoms with van der Waals surface area (Å²) in [5.41, 5.74) is 0.102. The van der Waals surface area contributed by atoms with Crippen LogP contribution in [0.5, 0.6) is 0 Å². The SMILES string of the molecule is CC[C@H](C)[C@H](C(=O)OCC(=O)NC1(C#N)CCCC1)c1ccccc1. The molecule has 0 spiro atoms. The summed E-state index contributed by atoms with van der Waals surface area (Å²) in [7, 11) is 0. The van der Waals surface area contributed by atoms with Gasteiger partial charge in [0.2, 0.25) is 0 Å². The van der Waals surface area contributed by atoms with E-state index in [1.165, 1.54) is 0 Å². The number of esters is 1. The van der Waals surface area contributed by atoms with Crippen molar-refractivity contribution in [2.45, 2.75) is 57.4 Å². The summed E-state index contributed by atoms with van der Waals surface area (Å²) in [6.45, 7) is 3.68. The van der Waals surface area contributed by atoms with E-state index in [1.54, 1.807) is 0 Å². The van der Waals surface area contributed by atoms with Gasteiger partial charge in [0.15, 0.2) is 6.61 Å². The molecule has 1 aromatic carbocycles. The Balaban J connectivity index is 1.97. The van der Waals surface area contributed by atoms with Gasteiger partial charge in [-0.2, -0.15) is 5.26 Å². The lowest BCUT2D eigenvalue weighted by Crippen LogP contribution is -2.47. The van der Waals surface area contributed by atoms with Crippen molar-refractivity contribution in [3.8, 4) is 6.07 Å². The van der Waals surface area contributed by atoms with Gasteiger partial charge in [-0.25, -0.2) is 0 Å². The van der Waals surface area contributed by atoms with Crippen LogP contribution in [0.4, 0.5) is 0 Å². The molecule has 1 saturated carbocycles. The molecule has 1 aromatic rings. The molecule has 25 heavy (non-hydrogen) atoms. The van der Waals surface area contributed by atoms with Crippen LogP contribution in [0.1, 0.15) is 57.4 Å². The van der Waals surface area contributed by atoms with Gasteiger partial charge >= 0.3 is 5.97 Å². The van der Waals surface area contributed by atoms with Crippen LogP contribution in [0.2, 0.25) is 0 Å². The molecular formula is C20H26N2O3. The number of hydrogen-bond donors (Lipinski definition) is 1. The molecule has 5 nitrogen and oxygen atoms in total. The van der Waals surface area contributed by atoms with Gasteiger partial charge in [0.25, 0.3) is 5.91 Å². The third-order valence-electron chi connectivity index (χ3n) is 5.02. The van der Waals surface area contributed by atoms with Crippen molar-refractivity contribution in [3.63, 3.8) is 0 Å². The molecule has 0 radical (unpaired) electrons. The van der Waals surface area contributed by atoms with Gasteiger partial charge in [-0.15, -0.1) is 0 Å². The molecule has 1 aliphatic carbocycles. The lowest BCUT2D eigenvalue weighted by molar-refractivity contribution is -0.151. The van der Waals surface area contributed by atoms with E-state index in [0.717, 1.165) is 24.8 Å². The largest absolute Gasteiger partial charge is 0.455 e. The Kier molecular flexibility index (Phi) is 6.58. The van der Waals surface area contributed by atoms with Gasteiger partial charge in [-0.3, -0.25) is 9.59 Å². The summed E-state index contributed by atoms with van der Waals surface area (Å²) >= 11 is 0. The van der Waals surface area contributed by atoms with Crippen molar-refractivity contribution >= 4 is 11.9 Å². The van der Waals surface area contributed by atoms with E-state index in [4.69, 9.17) is 4.74 Å². The third kappa shape index (κ3) is 4.82. The maximum atomic E-state index is 12.6. The van der Waals surface area contributed by atoms with E-state index in [-0.39, 0.29) is 12.5 Å². The van der Waals surface area contributed by atoms with Gasteiger partial charge in [0.05, 0.1) is 12.0 Å². The molecule has 5 heteroatoms. The van der Waals surface area contributed by atoms with E-state index in [1.807, 2.05) is 44.2 Å². The van der Waals surface area contributed by atoms with Gasteiger partial charge in [-0.1, -0.05) is 50.6 Å². The zero-order valence-electron chi connectivity index (χ0n) is 15.0. The second-order valence-electron chi connectivity index (χ2n) is 6.83. The summed E-state index contributed by atoms with van der Waals surface area (Å²) in [4.78, 5) is 24.7. The van der Waals surface area contributed by atoms with Crippen molar-refractivity contribution < 1.29 is 14.3 Å². The van der Waals surface area contributed by atoms with E-state index < -0.39 is 23.3 Å². The minimum atomic E-state index is -0.793. The molecule has 1 N–H and O–H groups in total. The molecule has 2 atom stereocenters. The fourth-order valence-corrected chi connectivity index (χ4v) is 3.37. The number of nitriles is 1. The quantitative estimate of drug-likeness (QED) is 0.771. The van der Waals surface area contributed by atoms with E-state index in [9.17, 15) is 14.9 Å². The van der Waals surface area contributed by atoms with Crippen LogP contribution >= 0.6 is 0 Å². The first-order valence-electron chi connectivity index (χ1n) is 8.95. The van der Waals surface area contributed by atoms with Crippen LogP contribution in [0.3, 0.4) is 0 Å². The molecule has 2 rings (SSSR count). The molecule has 0 aromatic heterocycles. The number of nitrogens with zero attached hydrogens (tertiary/aromatic N) is 1. The number of rotatable bonds is 7. The molecule has 0 unspecified atom stereocenters. The zero-order valence-corrected chi connectivity index (χ0v) is 15.0. The summed E-state index contributed by atoms with van der Waals surface area (Å²) in [5.74, 6) is -1.09. The van der Waals surface area contributed by atoms with Crippen LogP contribution in [-0.2, 0) is 14.3 Å². The third-order valence-corrected chi connectivity index (χ3v) is 5.02. The van der Waals surface area contributed by atoms with Crippen molar-refractivity contribution in [3.05, 3.63) is 35.9 Å². The van der Waals surface area contributed by atoms with Crippen LogP contribution in [0.25, 0.3) is 0 Å². The predicted octanol–water partition coefficient (Wildman–Crippen LogP) is 3.31. The fraction of sp³-hybridized carbons (Fsp3) is 0.550. The Morgan fingerprint density at radius 1 is 1.28 bits per heavy atom. The average molecular weight is 342 g/mol. The smallest absolute Gasteiger partial charge is 0.314 e. The minimum Gasteiger partial charge on any atom is -0.455 e. The highest BCUT2D eigenvalue weighted by molar-refractivity contribution is 5.84. The topological polar surface area (TPSA) is 79.2 Å². The molecule has 1 aliphatic rings. The van der Waals surface area contributed by atoms with Gasteiger partial charge in [0.1, 0.15) is 5.54 Å². The average Bonchev–Trinajstić information content (AvgIpc) is 3.10. The van der Waals surface area contributed by atoms with Crippen molar-refractivity contribution in [2.75, 3.05) is 6.61 Å². The first kappa shape index (κ1) is 19.0. The molecule has 1 fully saturated rings. The number of hydrogen-bond acceptors (Lipinski definition) is 4. The number of benzene rings is 1. The standard InChI is InChI=1S/C20H26N2O3/c1-3-15(2)18(16-9-5-4-6-10-16)19(24)25-13-17(23)22-20(14-21)11-7-8-12-20/h4-6,9-10,15,18H,3,7-8,11-13H2,1-2H3,(H,22,23)/t15-,18-/m0/s1. The molecule has 0 bridgehead atoms. The van der Waals surface area contributed by atoms with Crippen molar-refractivity contribution in [1.29, 1.82) is 5.26 Å². The van der Waals surface area contributed by atoms with Crippen molar-refractivity contribution in [1.82, 2.24) is 5.32 Å². The van der Waals surface area contributed by atoms with Crippen LogP contribution in [0, 0.1) is 17.2 Å². The minimum absolute atomic E-state index is 0.109. The molecule has 0 aliphatic heterocycles. The Morgan fingerprint density at radius 2 is 1.92 bits per heavy atom. The number of carbonyl (C=O) groups excluding carboxylic acids is 2. The maximum Gasteiger partial charge on any atom is 0.314 e. The van der Waals surface area contributed by atoms with Gasteiger partial charge in [-0.05, 0) is 37.2 Å². The first-order chi connectivity index (χ1) is 12.0. The molecule has 134 valence electrons. The second-order valence-corrected chi connectivity index (χ2v) is 6.83. The van der Waals surface area contributed by atoms with E-state index >= 15 is 0 Å². The summed E-state index contributed by atoms with van der Waals surface area (Å²) in [5, 5.41) is 12.1. The van der Waals surface area contributed by atoms with E-state index in [2.05, 4.69) is 11.4 Å². The monoisotopic (exact) mass is 342 g/mol. The normalized spacial score (nSPS) is 18.0. The van der Waals surface area contributed by atoms with Crippen LogP contribution < -0.4 is 5.32 Å². The Bertz CT molecular complexity index is 630.